The summed E-state index contributed by atoms with van der Waals surface area (Å²) in [5.74, 6) is 0.141. The normalized spacial score (nSPS) is 15.9. The van der Waals surface area contributed by atoms with E-state index in [4.69, 9.17) is 16.3 Å². The Morgan fingerprint density at radius 2 is 1.96 bits per heavy atom. The maximum atomic E-state index is 13.0. The van der Waals surface area contributed by atoms with Crippen LogP contribution in [0.25, 0.3) is 11.0 Å². The Balaban J connectivity index is 1.62. The second kappa shape index (κ2) is 7.61. The standard InChI is InChI=1S/C20H19ClN4O3/c1-28-11-10-24-19(27)17(12-18(26)22-14-8-6-13(21)7-9-14)25-16-5-3-2-4-15(16)23-20(24)25/h2-9,17H,10-12H2,1H3,(H,22,26). The molecule has 1 unspecified atom stereocenters. The lowest BCUT2D eigenvalue weighted by Crippen LogP contribution is -2.33. The number of imidazole rings is 1. The van der Waals surface area contributed by atoms with Crippen LogP contribution in [0.15, 0.2) is 48.5 Å². The minimum Gasteiger partial charge on any atom is -0.383 e. The SMILES string of the molecule is COCCN1C(=O)C(CC(=O)Nc2ccc(Cl)cc2)n2c1nc1ccccc12. The number of fused-ring (bicyclic) bond motifs is 3. The molecule has 0 saturated heterocycles. The van der Waals surface area contributed by atoms with Gasteiger partial charge in [0.1, 0.15) is 6.04 Å². The number of amides is 2. The van der Waals surface area contributed by atoms with Gasteiger partial charge in [0.15, 0.2) is 0 Å². The summed E-state index contributed by atoms with van der Waals surface area (Å²) in [6.45, 7) is 0.770. The van der Waals surface area contributed by atoms with Gasteiger partial charge in [-0.05, 0) is 36.4 Å². The van der Waals surface area contributed by atoms with Gasteiger partial charge in [-0.2, -0.15) is 0 Å². The van der Waals surface area contributed by atoms with Gasteiger partial charge in [-0.25, -0.2) is 4.98 Å². The van der Waals surface area contributed by atoms with E-state index >= 15 is 0 Å². The molecule has 0 radical (unpaired) electrons. The van der Waals surface area contributed by atoms with E-state index in [1.165, 1.54) is 0 Å². The molecule has 28 heavy (non-hydrogen) atoms. The van der Waals surface area contributed by atoms with E-state index in [0.717, 1.165) is 11.0 Å². The topological polar surface area (TPSA) is 76.5 Å². The number of methoxy groups -OCH3 is 1. The molecule has 1 aromatic heterocycles. The lowest BCUT2D eigenvalue weighted by molar-refractivity contribution is -0.124. The molecule has 0 spiro atoms. The van der Waals surface area contributed by atoms with Gasteiger partial charge in [-0.3, -0.25) is 19.1 Å². The van der Waals surface area contributed by atoms with Gasteiger partial charge in [0.2, 0.25) is 11.9 Å². The zero-order valence-electron chi connectivity index (χ0n) is 15.3. The summed E-state index contributed by atoms with van der Waals surface area (Å²) in [7, 11) is 1.58. The number of hydrogen-bond acceptors (Lipinski definition) is 4. The summed E-state index contributed by atoms with van der Waals surface area (Å²) in [4.78, 5) is 31.8. The number of nitrogens with one attached hydrogen (secondary N) is 1. The van der Waals surface area contributed by atoms with Crippen LogP contribution >= 0.6 is 11.6 Å². The van der Waals surface area contributed by atoms with Crippen molar-refractivity contribution in [1.29, 1.82) is 0 Å². The number of para-hydroxylation sites is 2. The Morgan fingerprint density at radius 3 is 2.71 bits per heavy atom. The van der Waals surface area contributed by atoms with Gasteiger partial charge < -0.3 is 10.1 Å². The first-order chi connectivity index (χ1) is 13.6. The Hall–Kier alpha value is -2.90. The molecule has 0 saturated carbocycles. The van der Waals surface area contributed by atoms with Gasteiger partial charge >= 0.3 is 0 Å². The fourth-order valence-corrected chi connectivity index (χ4v) is 3.54. The van der Waals surface area contributed by atoms with E-state index < -0.39 is 6.04 Å². The Morgan fingerprint density at radius 1 is 1.21 bits per heavy atom. The van der Waals surface area contributed by atoms with E-state index in [9.17, 15) is 9.59 Å². The number of hydrogen-bond donors (Lipinski definition) is 1. The first kappa shape index (κ1) is 18.5. The fraction of sp³-hybridized carbons (Fsp3) is 0.250. The van der Waals surface area contributed by atoms with Crippen LogP contribution in [0.3, 0.4) is 0 Å². The van der Waals surface area contributed by atoms with Crippen molar-refractivity contribution >= 4 is 46.1 Å². The first-order valence-corrected chi connectivity index (χ1v) is 9.29. The van der Waals surface area contributed by atoms with E-state index in [1.54, 1.807) is 36.3 Å². The van der Waals surface area contributed by atoms with E-state index in [1.807, 2.05) is 28.8 Å². The number of nitrogens with zero attached hydrogens (tertiary/aromatic N) is 3. The van der Waals surface area contributed by atoms with Crippen molar-refractivity contribution in [2.75, 3.05) is 30.5 Å². The molecule has 0 fully saturated rings. The molecular weight excluding hydrogens is 380 g/mol. The zero-order valence-corrected chi connectivity index (χ0v) is 16.0. The van der Waals surface area contributed by atoms with E-state index in [0.29, 0.717) is 29.8 Å². The molecule has 0 aliphatic carbocycles. The van der Waals surface area contributed by atoms with Gasteiger partial charge in [-0.1, -0.05) is 23.7 Å². The Labute approximate surface area is 166 Å². The molecule has 1 aliphatic rings. The largest absolute Gasteiger partial charge is 0.383 e. The lowest BCUT2D eigenvalue weighted by Gasteiger charge is -2.15. The molecule has 1 N–H and O–H groups in total. The predicted molar refractivity (Wildman–Crippen MR) is 108 cm³/mol. The van der Waals surface area contributed by atoms with Crippen molar-refractivity contribution < 1.29 is 14.3 Å². The summed E-state index contributed by atoms with van der Waals surface area (Å²) in [5.41, 5.74) is 2.25. The van der Waals surface area contributed by atoms with Crippen LogP contribution in [0.5, 0.6) is 0 Å². The summed E-state index contributed by atoms with van der Waals surface area (Å²) < 4.78 is 6.97. The van der Waals surface area contributed by atoms with Crippen LogP contribution in [-0.4, -0.2) is 41.6 Å². The van der Waals surface area contributed by atoms with Crippen LogP contribution in [0, 0.1) is 0 Å². The number of carbonyl (C=O) groups excluding carboxylic acids is 2. The number of benzene rings is 2. The van der Waals surface area contributed by atoms with E-state index in [-0.39, 0.29) is 18.2 Å². The number of halogens is 1. The highest BCUT2D eigenvalue weighted by molar-refractivity contribution is 6.30. The predicted octanol–water partition coefficient (Wildman–Crippen LogP) is 3.25. The molecule has 0 bridgehead atoms. The van der Waals surface area contributed by atoms with Crippen molar-refractivity contribution in [1.82, 2.24) is 9.55 Å². The van der Waals surface area contributed by atoms with Gasteiger partial charge in [0, 0.05) is 17.8 Å². The average Bonchev–Trinajstić information content (AvgIpc) is 3.17. The van der Waals surface area contributed by atoms with E-state index in [2.05, 4.69) is 10.3 Å². The molecule has 144 valence electrons. The zero-order chi connectivity index (χ0) is 19.7. The number of anilines is 2. The number of aromatic nitrogens is 2. The quantitative estimate of drug-likeness (QED) is 0.691. The average molecular weight is 399 g/mol. The molecular formula is C20H19ClN4O3. The third-order valence-corrected chi connectivity index (χ3v) is 4.96. The number of carbonyl (C=O) groups is 2. The first-order valence-electron chi connectivity index (χ1n) is 8.91. The molecule has 3 aromatic rings. The van der Waals surface area contributed by atoms with Crippen LogP contribution in [0.4, 0.5) is 11.6 Å². The van der Waals surface area contributed by atoms with Crippen molar-refractivity contribution in [3.63, 3.8) is 0 Å². The van der Waals surface area contributed by atoms with Crippen LogP contribution in [0.2, 0.25) is 5.02 Å². The molecule has 8 heteroatoms. The Bertz CT molecular complexity index is 1030. The van der Waals surface area contributed by atoms with Crippen molar-refractivity contribution in [2.24, 2.45) is 0 Å². The summed E-state index contributed by atoms with van der Waals surface area (Å²) in [6, 6.07) is 13.8. The van der Waals surface area contributed by atoms with Gasteiger partial charge in [0.25, 0.3) is 5.91 Å². The molecule has 7 nitrogen and oxygen atoms in total. The highest BCUT2D eigenvalue weighted by Crippen LogP contribution is 2.36. The second-order valence-corrected chi connectivity index (χ2v) is 6.96. The monoisotopic (exact) mass is 398 g/mol. The van der Waals surface area contributed by atoms with Crippen LogP contribution in [-0.2, 0) is 14.3 Å². The molecule has 4 rings (SSSR count). The Kier molecular flexibility index (Phi) is 5.02. The second-order valence-electron chi connectivity index (χ2n) is 6.53. The fourth-order valence-electron chi connectivity index (χ4n) is 3.41. The third kappa shape index (κ3) is 3.34. The van der Waals surface area contributed by atoms with Crippen LogP contribution < -0.4 is 10.2 Å². The third-order valence-electron chi connectivity index (χ3n) is 4.71. The van der Waals surface area contributed by atoms with Gasteiger partial charge in [-0.15, -0.1) is 0 Å². The van der Waals surface area contributed by atoms with Crippen molar-refractivity contribution in [2.45, 2.75) is 12.5 Å². The highest BCUT2D eigenvalue weighted by atomic mass is 35.5. The molecule has 1 aliphatic heterocycles. The van der Waals surface area contributed by atoms with Crippen LogP contribution in [0.1, 0.15) is 12.5 Å². The molecule has 2 amide bonds. The number of ether oxygens (including phenoxy) is 1. The molecule has 2 aromatic carbocycles. The minimum atomic E-state index is -0.647. The summed E-state index contributed by atoms with van der Waals surface area (Å²) in [5, 5.41) is 3.41. The summed E-state index contributed by atoms with van der Waals surface area (Å²) in [6.07, 6.45) is 0.0122. The van der Waals surface area contributed by atoms with Crippen molar-refractivity contribution in [3.8, 4) is 0 Å². The van der Waals surface area contributed by atoms with Crippen molar-refractivity contribution in [3.05, 3.63) is 53.6 Å². The smallest absolute Gasteiger partial charge is 0.253 e. The highest BCUT2D eigenvalue weighted by Gasteiger charge is 2.40. The minimum absolute atomic E-state index is 0.0122. The maximum Gasteiger partial charge on any atom is 0.253 e. The molecule has 2 heterocycles. The number of rotatable bonds is 6. The molecule has 1 atom stereocenters. The maximum absolute atomic E-state index is 13.0. The summed E-state index contributed by atoms with van der Waals surface area (Å²) >= 11 is 5.88. The lowest BCUT2D eigenvalue weighted by atomic mass is 10.1. The van der Waals surface area contributed by atoms with Gasteiger partial charge in [0.05, 0.1) is 30.6 Å².